The number of hydrogen-bond donors (Lipinski definition) is 1. The summed E-state index contributed by atoms with van der Waals surface area (Å²) in [5.41, 5.74) is 0.437. The Hall–Kier alpha value is -0.970. The largest absolute Gasteiger partial charge is 0.372 e. The molecule has 0 amide bonds. The molecule has 1 N–H and O–H groups in total. The Bertz CT molecular complexity index is 359. The molecule has 0 bridgehead atoms. The van der Waals surface area contributed by atoms with Gasteiger partial charge >= 0.3 is 0 Å². The van der Waals surface area contributed by atoms with Gasteiger partial charge in [-0.05, 0) is 24.8 Å². The van der Waals surface area contributed by atoms with Crippen LogP contribution in [0.5, 0.6) is 0 Å². The Morgan fingerprint density at radius 1 is 1.56 bits per heavy atom. The maximum Gasteiger partial charge on any atom is 0.286 e. The number of nitrogens with zero attached hydrogens (tertiary/aromatic N) is 1. The number of nitrogens with one attached hydrogen (secondary N) is 1. The lowest BCUT2D eigenvalue weighted by molar-refractivity contribution is -0.00891. The first kappa shape index (κ1) is 11.5. The average molecular weight is 230 g/mol. The van der Waals surface area contributed by atoms with E-state index in [9.17, 15) is 8.78 Å². The maximum atomic E-state index is 13.0. The second-order valence-electron chi connectivity index (χ2n) is 4.58. The number of rotatable bonds is 2. The van der Waals surface area contributed by atoms with Gasteiger partial charge in [-0.15, -0.1) is 0 Å². The summed E-state index contributed by atoms with van der Waals surface area (Å²) in [6.07, 6.45) is 1.73. The minimum absolute atomic E-state index is 0.143. The average Bonchev–Trinajstić information content (AvgIpc) is 2.65. The van der Waals surface area contributed by atoms with Crippen molar-refractivity contribution in [2.24, 2.45) is 5.92 Å². The molecule has 1 aromatic rings. The molecule has 90 valence electrons. The van der Waals surface area contributed by atoms with Crippen molar-refractivity contribution in [3.05, 3.63) is 17.5 Å². The summed E-state index contributed by atoms with van der Waals surface area (Å²) < 4.78 is 31.5. The summed E-state index contributed by atoms with van der Waals surface area (Å²) >= 11 is 0. The molecule has 0 aromatic carbocycles. The van der Waals surface area contributed by atoms with Crippen LogP contribution in [0.4, 0.5) is 8.78 Å². The molecule has 2 rings (SSSR count). The molecule has 1 aliphatic rings. The van der Waals surface area contributed by atoms with Gasteiger partial charge < -0.3 is 4.74 Å². The van der Waals surface area contributed by atoms with Crippen LogP contribution < -0.4 is 0 Å². The number of aromatic amines is 1. The van der Waals surface area contributed by atoms with Crippen molar-refractivity contribution in [1.29, 1.82) is 0 Å². The molecule has 2 heterocycles. The SMILES string of the molecule is CC1CCOC(c2cc(C(C)(F)F)[nH]n2)C1. The second-order valence-corrected chi connectivity index (χ2v) is 4.58. The highest BCUT2D eigenvalue weighted by Gasteiger charge is 2.30. The fourth-order valence-electron chi connectivity index (χ4n) is 1.90. The van der Waals surface area contributed by atoms with Gasteiger partial charge in [0.15, 0.2) is 0 Å². The molecule has 16 heavy (non-hydrogen) atoms. The van der Waals surface area contributed by atoms with Crippen LogP contribution in [0.15, 0.2) is 6.07 Å². The third-order valence-electron chi connectivity index (χ3n) is 2.95. The van der Waals surface area contributed by atoms with Crippen LogP contribution in [0, 0.1) is 5.92 Å². The quantitative estimate of drug-likeness (QED) is 0.848. The molecule has 1 aliphatic heterocycles. The molecule has 2 atom stereocenters. The van der Waals surface area contributed by atoms with E-state index in [1.807, 2.05) is 0 Å². The summed E-state index contributed by atoms with van der Waals surface area (Å²) in [7, 11) is 0. The Morgan fingerprint density at radius 2 is 2.31 bits per heavy atom. The van der Waals surface area contributed by atoms with Gasteiger partial charge in [0.05, 0.1) is 5.69 Å². The molecule has 1 saturated heterocycles. The Kier molecular flexibility index (Phi) is 2.97. The van der Waals surface area contributed by atoms with E-state index in [0.717, 1.165) is 19.8 Å². The maximum absolute atomic E-state index is 13.0. The van der Waals surface area contributed by atoms with Crippen molar-refractivity contribution in [3.8, 4) is 0 Å². The summed E-state index contributed by atoms with van der Waals surface area (Å²) in [4.78, 5) is 0. The number of ether oxygens (including phenoxy) is 1. The van der Waals surface area contributed by atoms with E-state index in [0.29, 0.717) is 18.2 Å². The lowest BCUT2D eigenvalue weighted by atomic mass is 9.96. The minimum atomic E-state index is -2.87. The van der Waals surface area contributed by atoms with Crippen molar-refractivity contribution in [2.75, 3.05) is 6.61 Å². The first-order valence-corrected chi connectivity index (χ1v) is 5.52. The van der Waals surface area contributed by atoms with Gasteiger partial charge in [-0.3, -0.25) is 5.10 Å². The molecule has 1 fully saturated rings. The normalized spacial score (nSPS) is 27.0. The molecule has 0 saturated carbocycles. The van der Waals surface area contributed by atoms with Gasteiger partial charge in [0.1, 0.15) is 11.8 Å². The van der Waals surface area contributed by atoms with Crippen LogP contribution in [0.3, 0.4) is 0 Å². The van der Waals surface area contributed by atoms with Crippen molar-refractivity contribution in [3.63, 3.8) is 0 Å². The Labute approximate surface area is 93.2 Å². The van der Waals surface area contributed by atoms with E-state index in [-0.39, 0.29) is 11.8 Å². The van der Waals surface area contributed by atoms with E-state index >= 15 is 0 Å². The van der Waals surface area contributed by atoms with E-state index < -0.39 is 5.92 Å². The van der Waals surface area contributed by atoms with Gasteiger partial charge in [-0.1, -0.05) is 6.92 Å². The van der Waals surface area contributed by atoms with E-state index in [2.05, 4.69) is 17.1 Å². The van der Waals surface area contributed by atoms with Gasteiger partial charge in [0.2, 0.25) is 0 Å². The van der Waals surface area contributed by atoms with Gasteiger partial charge in [-0.25, -0.2) is 0 Å². The lowest BCUT2D eigenvalue weighted by Gasteiger charge is -2.25. The molecule has 2 unspecified atom stereocenters. The monoisotopic (exact) mass is 230 g/mol. The van der Waals surface area contributed by atoms with Crippen LogP contribution in [-0.2, 0) is 10.7 Å². The molecule has 5 heteroatoms. The first-order valence-electron chi connectivity index (χ1n) is 5.52. The van der Waals surface area contributed by atoms with Crippen molar-refractivity contribution in [2.45, 2.75) is 38.7 Å². The number of alkyl halides is 2. The third kappa shape index (κ3) is 2.40. The number of halogens is 2. The third-order valence-corrected chi connectivity index (χ3v) is 2.95. The zero-order valence-corrected chi connectivity index (χ0v) is 9.46. The predicted octanol–water partition coefficient (Wildman–Crippen LogP) is 3.01. The zero-order chi connectivity index (χ0) is 11.8. The van der Waals surface area contributed by atoms with Crippen LogP contribution >= 0.6 is 0 Å². The summed E-state index contributed by atoms with van der Waals surface area (Å²) in [5.74, 6) is -2.31. The summed E-state index contributed by atoms with van der Waals surface area (Å²) in [6, 6.07) is 1.41. The minimum Gasteiger partial charge on any atom is -0.372 e. The van der Waals surface area contributed by atoms with E-state index in [1.54, 1.807) is 0 Å². The van der Waals surface area contributed by atoms with Gasteiger partial charge in [0.25, 0.3) is 5.92 Å². The van der Waals surface area contributed by atoms with Crippen LogP contribution in [0.2, 0.25) is 0 Å². The highest BCUT2D eigenvalue weighted by atomic mass is 19.3. The number of aromatic nitrogens is 2. The summed E-state index contributed by atoms with van der Waals surface area (Å²) in [6.45, 7) is 3.67. The molecule has 1 aromatic heterocycles. The Morgan fingerprint density at radius 3 is 2.88 bits per heavy atom. The highest BCUT2D eigenvalue weighted by Crippen LogP contribution is 2.33. The van der Waals surface area contributed by atoms with Crippen molar-refractivity contribution >= 4 is 0 Å². The smallest absolute Gasteiger partial charge is 0.286 e. The van der Waals surface area contributed by atoms with Crippen LogP contribution in [0.25, 0.3) is 0 Å². The molecule has 3 nitrogen and oxygen atoms in total. The predicted molar refractivity (Wildman–Crippen MR) is 55.2 cm³/mol. The molecular formula is C11H16F2N2O. The van der Waals surface area contributed by atoms with Crippen molar-refractivity contribution < 1.29 is 13.5 Å². The van der Waals surface area contributed by atoms with Crippen LogP contribution in [-0.4, -0.2) is 16.8 Å². The van der Waals surface area contributed by atoms with Gasteiger partial charge in [0, 0.05) is 13.5 Å². The molecule has 0 aliphatic carbocycles. The van der Waals surface area contributed by atoms with E-state index in [4.69, 9.17) is 4.74 Å². The van der Waals surface area contributed by atoms with E-state index in [1.165, 1.54) is 6.07 Å². The zero-order valence-electron chi connectivity index (χ0n) is 9.46. The number of hydrogen-bond acceptors (Lipinski definition) is 2. The fraction of sp³-hybridized carbons (Fsp3) is 0.727. The topological polar surface area (TPSA) is 37.9 Å². The standard InChI is InChI=1S/C11H16F2N2O/c1-7-3-4-16-9(5-7)8-6-10(15-14-8)11(2,12)13/h6-7,9H,3-5H2,1-2H3,(H,14,15). The number of H-pyrrole nitrogens is 1. The lowest BCUT2D eigenvalue weighted by Crippen LogP contribution is -2.18. The summed E-state index contributed by atoms with van der Waals surface area (Å²) in [5, 5.41) is 6.29. The molecule has 0 spiro atoms. The highest BCUT2D eigenvalue weighted by molar-refractivity contribution is 5.15. The first-order chi connectivity index (χ1) is 7.47. The molecular weight excluding hydrogens is 214 g/mol. The second kappa shape index (κ2) is 4.13. The van der Waals surface area contributed by atoms with Crippen molar-refractivity contribution in [1.82, 2.24) is 10.2 Å². The van der Waals surface area contributed by atoms with Gasteiger partial charge in [-0.2, -0.15) is 13.9 Å². The Balaban J connectivity index is 2.12. The van der Waals surface area contributed by atoms with Crippen LogP contribution in [0.1, 0.15) is 44.2 Å². The fourth-order valence-corrected chi connectivity index (χ4v) is 1.90. The molecule has 0 radical (unpaired) electrons.